The van der Waals surface area contributed by atoms with Crippen molar-refractivity contribution in [3.05, 3.63) is 59.7 Å². The SMILES string of the molecule is CCC(CC)C12CC(C(NC(=O)OCC3c4ccccc4-c4ccccc43)C(=O)O)(C1)C2. The molecule has 4 aliphatic carbocycles. The van der Waals surface area contributed by atoms with Crippen molar-refractivity contribution in [3.63, 3.8) is 0 Å². The monoisotopic (exact) mass is 433 g/mol. The van der Waals surface area contributed by atoms with Gasteiger partial charge >= 0.3 is 12.1 Å². The normalized spacial score (nSPS) is 25.8. The van der Waals surface area contributed by atoms with E-state index in [4.69, 9.17) is 4.74 Å². The van der Waals surface area contributed by atoms with Crippen LogP contribution in [0.3, 0.4) is 0 Å². The molecule has 1 amide bonds. The highest BCUT2D eigenvalue weighted by Crippen LogP contribution is 2.78. The van der Waals surface area contributed by atoms with E-state index >= 15 is 0 Å². The first-order valence-electron chi connectivity index (χ1n) is 11.8. The molecule has 2 aromatic rings. The van der Waals surface area contributed by atoms with Crippen molar-refractivity contribution < 1.29 is 19.4 Å². The molecule has 4 aliphatic rings. The molecule has 3 fully saturated rings. The Balaban J connectivity index is 1.24. The summed E-state index contributed by atoms with van der Waals surface area (Å²) in [6.07, 6.45) is 4.31. The van der Waals surface area contributed by atoms with Gasteiger partial charge in [0.15, 0.2) is 0 Å². The van der Waals surface area contributed by atoms with Gasteiger partial charge in [-0.2, -0.15) is 0 Å². The number of benzene rings is 2. The summed E-state index contributed by atoms with van der Waals surface area (Å²) in [5.74, 6) is -0.353. The van der Waals surface area contributed by atoms with Crippen LogP contribution in [0.4, 0.5) is 4.79 Å². The van der Waals surface area contributed by atoms with Crippen molar-refractivity contribution in [2.24, 2.45) is 16.7 Å². The molecule has 0 aliphatic heterocycles. The molecule has 1 atom stereocenters. The van der Waals surface area contributed by atoms with Crippen LogP contribution in [0.5, 0.6) is 0 Å². The van der Waals surface area contributed by atoms with Crippen LogP contribution in [0.1, 0.15) is 63.0 Å². The summed E-state index contributed by atoms with van der Waals surface area (Å²) in [4.78, 5) is 24.7. The lowest BCUT2D eigenvalue weighted by atomic mass is 9.30. The summed E-state index contributed by atoms with van der Waals surface area (Å²) in [7, 11) is 0. The number of aliphatic carboxylic acids is 1. The molecule has 32 heavy (non-hydrogen) atoms. The summed E-state index contributed by atoms with van der Waals surface area (Å²) in [6.45, 7) is 4.62. The minimum Gasteiger partial charge on any atom is -0.480 e. The van der Waals surface area contributed by atoms with Crippen molar-refractivity contribution >= 4 is 12.1 Å². The summed E-state index contributed by atoms with van der Waals surface area (Å²) in [6, 6.07) is 15.5. The molecule has 5 nitrogen and oxygen atoms in total. The Hall–Kier alpha value is -2.82. The smallest absolute Gasteiger partial charge is 0.407 e. The number of carboxylic acid groups (broad SMARTS) is 1. The zero-order valence-electron chi connectivity index (χ0n) is 18.8. The number of carbonyl (C=O) groups excluding carboxylic acids is 1. The summed E-state index contributed by atoms with van der Waals surface area (Å²) >= 11 is 0. The minimum atomic E-state index is -0.962. The number of amides is 1. The van der Waals surface area contributed by atoms with E-state index in [1.807, 2.05) is 24.3 Å². The summed E-state index contributed by atoms with van der Waals surface area (Å²) in [5.41, 5.74) is 4.60. The fourth-order valence-corrected chi connectivity index (χ4v) is 7.08. The van der Waals surface area contributed by atoms with Crippen molar-refractivity contribution in [3.8, 4) is 11.1 Å². The number of hydrogen-bond acceptors (Lipinski definition) is 3. The van der Waals surface area contributed by atoms with Gasteiger partial charge in [0.25, 0.3) is 0 Å². The maximum absolute atomic E-state index is 12.7. The van der Waals surface area contributed by atoms with Gasteiger partial charge in [-0.15, -0.1) is 0 Å². The molecule has 1 unspecified atom stereocenters. The third kappa shape index (κ3) is 3.05. The largest absolute Gasteiger partial charge is 0.480 e. The van der Waals surface area contributed by atoms with E-state index in [2.05, 4.69) is 43.4 Å². The lowest BCUT2D eigenvalue weighted by Crippen LogP contribution is -2.73. The van der Waals surface area contributed by atoms with Crippen LogP contribution in [0, 0.1) is 16.7 Å². The molecule has 0 heterocycles. The average Bonchev–Trinajstić information content (AvgIpc) is 3.06. The molecular weight excluding hydrogens is 402 g/mol. The van der Waals surface area contributed by atoms with E-state index in [0.717, 1.165) is 43.2 Å². The van der Waals surface area contributed by atoms with Crippen LogP contribution in [-0.4, -0.2) is 29.8 Å². The highest BCUT2D eigenvalue weighted by molar-refractivity contribution is 5.82. The predicted molar refractivity (Wildman–Crippen MR) is 122 cm³/mol. The molecule has 0 aromatic heterocycles. The third-order valence-electron chi connectivity index (χ3n) is 8.43. The second-order valence-corrected chi connectivity index (χ2v) is 10.0. The van der Waals surface area contributed by atoms with Gasteiger partial charge < -0.3 is 15.2 Å². The number of ether oxygens (including phenoxy) is 1. The number of hydrogen-bond donors (Lipinski definition) is 2. The van der Waals surface area contributed by atoms with Crippen molar-refractivity contribution in [2.45, 2.75) is 57.9 Å². The van der Waals surface area contributed by atoms with E-state index in [1.165, 1.54) is 11.1 Å². The number of fused-ring (bicyclic) bond motifs is 3. The van der Waals surface area contributed by atoms with Crippen LogP contribution in [0.15, 0.2) is 48.5 Å². The lowest BCUT2D eigenvalue weighted by molar-refractivity contribution is -0.252. The molecule has 0 spiro atoms. The van der Waals surface area contributed by atoms with E-state index in [1.54, 1.807) is 0 Å². The van der Waals surface area contributed by atoms with Gasteiger partial charge in [-0.3, -0.25) is 0 Å². The first-order chi connectivity index (χ1) is 15.4. The molecule has 168 valence electrons. The fraction of sp³-hybridized carbons (Fsp3) is 0.481. The molecule has 2 bridgehead atoms. The first-order valence-corrected chi connectivity index (χ1v) is 11.8. The molecule has 6 rings (SSSR count). The second-order valence-electron chi connectivity index (χ2n) is 10.0. The molecule has 0 saturated heterocycles. The minimum absolute atomic E-state index is 0.0375. The van der Waals surface area contributed by atoms with E-state index in [0.29, 0.717) is 11.3 Å². The highest BCUT2D eigenvalue weighted by atomic mass is 16.5. The van der Waals surface area contributed by atoms with E-state index in [-0.39, 0.29) is 17.9 Å². The number of alkyl carbamates (subject to hydrolysis) is 1. The Bertz CT molecular complexity index is 992. The molecule has 5 heteroatoms. The van der Waals surface area contributed by atoms with Gasteiger partial charge in [-0.05, 0) is 52.8 Å². The topological polar surface area (TPSA) is 75.6 Å². The molecular formula is C27H31NO4. The number of rotatable bonds is 8. The standard InChI is InChI=1S/C27H31NO4/c1-3-17(4-2)26-14-27(15-26,16-26)23(24(29)30)28-25(31)32-13-22-20-11-7-5-9-18(20)19-10-6-8-12-21(19)22/h5-12,17,22-23H,3-4,13-16H2,1-2H3,(H,28,31)(H,29,30). The highest BCUT2D eigenvalue weighted by Gasteiger charge is 2.73. The molecule has 0 radical (unpaired) electrons. The fourth-order valence-electron chi connectivity index (χ4n) is 7.08. The van der Waals surface area contributed by atoms with Crippen LogP contribution in [0.25, 0.3) is 11.1 Å². The number of carbonyl (C=O) groups is 2. The zero-order chi connectivity index (χ0) is 22.5. The summed E-state index contributed by atoms with van der Waals surface area (Å²) < 4.78 is 5.60. The van der Waals surface area contributed by atoms with Crippen LogP contribution < -0.4 is 5.32 Å². The van der Waals surface area contributed by atoms with Crippen molar-refractivity contribution in [1.82, 2.24) is 5.32 Å². The Morgan fingerprint density at radius 1 is 0.969 bits per heavy atom. The number of carboxylic acids is 1. The van der Waals surface area contributed by atoms with Crippen LogP contribution in [-0.2, 0) is 9.53 Å². The first kappa shape index (κ1) is 21.0. The lowest BCUT2D eigenvalue weighted by Gasteiger charge is -2.75. The van der Waals surface area contributed by atoms with Crippen LogP contribution >= 0.6 is 0 Å². The van der Waals surface area contributed by atoms with Gasteiger partial charge in [0.1, 0.15) is 12.6 Å². The maximum atomic E-state index is 12.7. The van der Waals surface area contributed by atoms with Gasteiger partial charge in [0.2, 0.25) is 0 Å². The number of nitrogens with one attached hydrogen (secondary N) is 1. The van der Waals surface area contributed by atoms with Gasteiger partial charge in [-0.1, -0.05) is 75.2 Å². The Kier molecular flexibility index (Phi) is 5.03. The van der Waals surface area contributed by atoms with Crippen LogP contribution in [0.2, 0.25) is 0 Å². The van der Waals surface area contributed by atoms with Gasteiger partial charge in [0, 0.05) is 11.3 Å². The van der Waals surface area contributed by atoms with E-state index < -0.39 is 18.1 Å². The van der Waals surface area contributed by atoms with Gasteiger partial charge in [-0.25, -0.2) is 9.59 Å². The Morgan fingerprint density at radius 2 is 1.50 bits per heavy atom. The zero-order valence-corrected chi connectivity index (χ0v) is 18.8. The molecule has 2 N–H and O–H groups in total. The summed E-state index contributed by atoms with van der Waals surface area (Å²) in [5, 5.41) is 12.6. The second kappa shape index (κ2) is 7.65. The Morgan fingerprint density at radius 3 is 2.00 bits per heavy atom. The van der Waals surface area contributed by atoms with Crippen molar-refractivity contribution in [2.75, 3.05) is 6.61 Å². The Labute approximate surface area is 189 Å². The third-order valence-corrected chi connectivity index (χ3v) is 8.43. The molecule has 3 saturated carbocycles. The van der Waals surface area contributed by atoms with Gasteiger partial charge in [0.05, 0.1) is 0 Å². The molecule has 2 aromatic carbocycles. The van der Waals surface area contributed by atoms with Crippen molar-refractivity contribution in [1.29, 1.82) is 0 Å². The predicted octanol–water partition coefficient (Wildman–Crippen LogP) is 5.58. The quantitative estimate of drug-likeness (QED) is 0.569. The maximum Gasteiger partial charge on any atom is 0.407 e. The van der Waals surface area contributed by atoms with E-state index in [9.17, 15) is 14.7 Å². The average molecular weight is 434 g/mol.